The van der Waals surface area contributed by atoms with E-state index in [9.17, 15) is 4.39 Å². The van der Waals surface area contributed by atoms with Gasteiger partial charge in [-0.25, -0.2) is 9.37 Å². The molecule has 0 saturated heterocycles. The molecule has 1 aromatic heterocycles. The van der Waals surface area contributed by atoms with Gasteiger partial charge in [-0.15, -0.1) is 0 Å². The van der Waals surface area contributed by atoms with Crippen LogP contribution in [-0.4, -0.2) is 30.3 Å². The predicted molar refractivity (Wildman–Crippen MR) is 54.0 cm³/mol. The number of pyridine rings is 1. The normalized spacial score (nSPS) is 10.4. The van der Waals surface area contributed by atoms with Gasteiger partial charge < -0.3 is 10.0 Å². The predicted octanol–water partition coefficient (Wildman–Crippen LogP) is 1.27. The highest BCUT2D eigenvalue weighted by molar-refractivity contribution is 5.43. The molecule has 0 aliphatic heterocycles. The summed E-state index contributed by atoms with van der Waals surface area (Å²) in [4.78, 5) is 5.70. The fraction of sp³-hybridized carbons (Fsp3) is 0.500. The lowest BCUT2D eigenvalue weighted by Gasteiger charge is -2.18. The molecule has 1 heterocycles. The largest absolute Gasteiger partial charge is 0.395 e. The first kappa shape index (κ1) is 10.9. The number of nitrogens with zero attached hydrogens (tertiary/aromatic N) is 2. The van der Waals surface area contributed by atoms with Crippen molar-refractivity contribution >= 4 is 5.82 Å². The molecular formula is C10H15FN2O. The van der Waals surface area contributed by atoms with Crippen LogP contribution in [0.5, 0.6) is 0 Å². The van der Waals surface area contributed by atoms with Crippen LogP contribution in [0.15, 0.2) is 6.07 Å². The Kier molecular flexibility index (Phi) is 3.41. The summed E-state index contributed by atoms with van der Waals surface area (Å²) >= 11 is 0. The standard InChI is InChI=1S/C10H15FN2O/c1-7-6-8(2)12-10(9(7)11)13(3)4-5-14/h6,14H,4-5H2,1-3H3. The molecule has 1 rings (SSSR count). The van der Waals surface area contributed by atoms with Gasteiger partial charge in [0.05, 0.1) is 6.61 Å². The molecule has 1 aromatic rings. The van der Waals surface area contributed by atoms with Crippen LogP contribution in [0, 0.1) is 19.7 Å². The van der Waals surface area contributed by atoms with E-state index in [1.54, 1.807) is 24.9 Å². The number of likely N-dealkylation sites (N-methyl/N-ethyl adjacent to an activating group) is 1. The van der Waals surface area contributed by atoms with Gasteiger partial charge in [-0.2, -0.15) is 0 Å². The van der Waals surface area contributed by atoms with Gasteiger partial charge in [-0.3, -0.25) is 0 Å². The molecule has 4 heteroatoms. The van der Waals surface area contributed by atoms with Gasteiger partial charge in [-0.05, 0) is 25.5 Å². The van der Waals surface area contributed by atoms with Gasteiger partial charge in [0.25, 0.3) is 0 Å². The fourth-order valence-corrected chi connectivity index (χ4v) is 1.31. The van der Waals surface area contributed by atoms with Crippen LogP contribution in [0.3, 0.4) is 0 Å². The highest BCUT2D eigenvalue weighted by Crippen LogP contribution is 2.18. The van der Waals surface area contributed by atoms with Crippen LogP contribution in [0.1, 0.15) is 11.3 Å². The van der Waals surface area contributed by atoms with E-state index in [1.165, 1.54) is 0 Å². The average Bonchev–Trinajstić information content (AvgIpc) is 2.11. The van der Waals surface area contributed by atoms with E-state index in [4.69, 9.17) is 5.11 Å². The van der Waals surface area contributed by atoms with Crippen molar-refractivity contribution in [1.29, 1.82) is 0 Å². The molecule has 0 aromatic carbocycles. The summed E-state index contributed by atoms with van der Waals surface area (Å²) < 4.78 is 13.6. The van der Waals surface area contributed by atoms with Crippen molar-refractivity contribution in [3.8, 4) is 0 Å². The van der Waals surface area contributed by atoms with Crippen LogP contribution in [0.4, 0.5) is 10.2 Å². The Bertz CT molecular complexity index is 328. The van der Waals surface area contributed by atoms with Gasteiger partial charge in [0.15, 0.2) is 11.6 Å². The highest BCUT2D eigenvalue weighted by atomic mass is 19.1. The van der Waals surface area contributed by atoms with Crippen molar-refractivity contribution in [1.82, 2.24) is 4.98 Å². The average molecular weight is 198 g/mol. The molecule has 0 bridgehead atoms. The number of aryl methyl sites for hydroxylation is 2. The van der Waals surface area contributed by atoms with Gasteiger partial charge in [0.1, 0.15) is 0 Å². The first-order valence-corrected chi connectivity index (χ1v) is 4.52. The third kappa shape index (κ3) is 2.20. The minimum absolute atomic E-state index is 0.00932. The Morgan fingerprint density at radius 1 is 1.50 bits per heavy atom. The van der Waals surface area contributed by atoms with Crippen LogP contribution in [0.25, 0.3) is 0 Å². The van der Waals surface area contributed by atoms with Crippen LogP contribution in [0.2, 0.25) is 0 Å². The third-order valence-corrected chi connectivity index (χ3v) is 2.05. The summed E-state index contributed by atoms with van der Waals surface area (Å²) in [6.45, 7) is 3.90. The van der Waals surface area contributed by atoms with E-state index in [-0.39, 0.29) is 12.4 Å². The molecule has 0 saturated carbocycles. The van der Waals surface area contributed by atoms with E-state index in [2.05, 4.69) is 4.98 Å². The molecular weight excluding hydrogens is 183 g/mol. The SMILES string of the molecule is Cc1cc(C)c(F)c(N(C)CCO)n1. The molecule has 0 atom stereocenters. The number of halogens is 1. The Hall–Kier alpha value is -1.16. The molecule has 0 aliphatic carbocycles. The lowest BCUT2D eigenvalue weighted by atomic mass is 10.2. The quantitative estimate of drug-likeness (QED) is 0.794. The van der Waals surface area contributed by atoms with Gasteiger partial charge >= 0.3 is 0 Å². The second-order valence-corrected chi connectivity index (χ2v) is 3.36. The van der Waals surface area contributed by atoms with E-state index in [1.807, 2.05) is 6.92 Å². The fourth-order valence-electron chi connectivity index (χ4n) is 1.31. The summed E-state index contributed by atoms with van der Waals surface area (Å²) in [7, 11) is 1.71. The van der Waals surface area contributed by atoms with E-state index < -0.39 is 0 Å². The molecule has 78 valence electrons. The minimum Gasteiger partial charge on any atom is -0.395 e. The summed E-state index contributed by atoms with van der Waals surface area (Å²) in [6.07, 6.45) is 0. The summed E-state index contributed by atoms with van der Waals surface area (Å²) in [5, 5.41) is 8.74. The molecule has 0 spiro atoms. The Labute approximate surface area is 83.2 Å². The Morgan fingerprint density at radius 2 is 2.14 bits per heavy atom. The molecule has 14 heavy (non-hydrogen) atoms. The Morgan fingerprint density at radius 3 is 2.71 bits per heavy atom. The van der Waals surface area contributed by atoms with E-state index >= 15 is 0 Å². The van der Waals surface area contributed by atoms with Gasteiger partial charge in [-0.1, -0.05) is 0 Å². The zero-order valence-electron chi connectivity index (χ0n) is 8.71. The molecule has 3 nitrogen and oxygen atoms in total. The summed E-state index contributed by atoms with van der Waals surface area (Å²) in [5.74, 6) is -0.0110. The zero-order chi connectivity index (χ0) is 10.7. The Balaban J connectivity index is 3.07. The maximum absolute atomic E-state index is 13.6. The number of hydrogen-bond donors (Lipinski definition) is 1. The maximum atomic E-state index is 13.6. The number of rotatable bonds is 3. The zero-order valence-corrected chi connectivity index (χ0v) is 8.71. The second kappa shape index (κ2) is 4.37. The minimum atomic E-state index is -0.313. The number of hydrogen-bond acceptors (Lipinski definition) is 3. The van der Waals surface area contributed by atoms with Crippen molar-refractivity contribution < 1.29 is 9.50 Å². The van der Waals surface area contributed by atoms with Crippen molar-refractivity contribution in [2.24, 2.45) is 0 Å². The lowest BCUT2D eigenvalue weighted by molar-refractivity contribution is 0.303. The number of aliphatic hydroxyl groups is 1. The van der Waals surface area contributed by atoms with Crippen molar-refractivity contribution in [2.45, 2.75) is 13.8 Å². The molecule has 0 aliphatic rings. The van der Waals surface area contributed by atoms with E-state index in [0.29, 0.717) is 17.9 Å². The lowest BCUT2D eigenvalue weighted by Crippen LogP contribution is -2.24. The monoisotopic (exact) mass is 198 g/mol. The summed E-state index contributed by atoms with van der Waals surface area (Å²) in [5.41, 5.74) is 1.36. The topological polar surface area (TPSA) is 36.4 Å². The molecule has 1 N–H and O–H groups in total. The van der Waals surface area contributed by atoms with Crippen molar-refractivity contribution in [2.75, 3.05) is 25.1 Å². The number of anilines is 1. The highest BCUT2D eigenvalue weighted by Gasteiger charge is 2.11. The third-order valence-electron chi connectivity index (χ3n) is 2.05. The van der Waals surface area contributed by atoms with E-state index in [0.717, 1.165) is 5.69 Å². The number of aliphatic hydroxyl groups excluding tert-OH is 1. The second-order valence-electron chi connectivity index (χ2n) is 3.36. The summed E-state index contributed by atoms with van der Waals surface area (Å²) in [6, 6.07) is 1.70. The molecule has 0 unspecified atom stereocenters. The molecule has 0 amide bonds. The van der Waals surface area contributed by atoms with Crippen LogP contribution < -0.4 is 4.90 Å². The van der Waals surface area contributed by atoms with Crippen molar-refractivity contribution in [3.05, 3.63) is 23.1 Å². The van der Waals surface area contributed by atoms with Crippen molar-refractivity contribution in [3.63, 3.8) is 0 Å². The molecule has 0 fully saturated rings. The van der Waals surface area contributed by atoms with Gasteiger partial charge in [0, 0.05) is 19.3 Å². The first-order valence-electron chi connectivity index (χ1n) is 4.52. The molecule has 0 radical (unpaired) electrons. The maximum Gasteiger partial charge on any atom is 0.168 e. The van der Waals surface area contributed by atoms with Gasteiger partial charge in [0.2, 0.25) is 0 Å². The first-order chi connectivity index (χ1) is 6.56. The van der Waals surface area contributed by atoms with Crippen LogP contribution >= 0.6 is 0 Å². The number of aromatic nitrogens is 1. The van der Waals surface area contributed by atoms with Crippen LogP contribution in [-0.2, 0) is 0 Å². The smallest absolute Gasteiger partial charge is 0.168 e.